The molecule has 0 radical (unpaired) electrons. The third kappa shape index (κ3) is 3.95. The van der Waals surface area contributed by atoms with Crippen LogP contribution >= 0.6 is 0 Å². The second-order valence-electron chi connectivity index (χ2n) is 6.25. The molecule has 0 aromatic heterocycles. The summed E-state index contributed by atoms with van der Waals surface area (Å²) >= 11 is 0. The van der Waals surface area contributed by atoms with Crippen molar-refractivity contribution in [3.8, 4) is 0 Å². The van der Waals surface area contributed by atoms with E-state index in [1.54, 1.807) is 0 Å². The summed E-state index contributed by atoms with van der Waals surface area (Å²) in [6.07, 6.45) is 8.83. The van der Waals surface area contributed by atoms with E-state index in [2.05, 4.69) is 10.6 Å². The first kappa shape index (κ1) is 15.3. The molecule has 2 aliphatic carbocycles. The van der Waals surface area contributed by atoms with Crippen molar-refractivity contribution in [2.45, 2.75) is 63.3 Å². The number of nitrogens with two attached hydrogens (primary N) is 1. The number of nitrogens with one attached hydrogen (secondary N) is 2. The van der Waals surface area contributed by atoms with Crippen LogP contribution < -0.4 is 16.4 Å². The zero-order valence-electron chi connectivity index (χ0n) is 12.2. The highest BCUT2D eigenvalue weighted by atomic mass is 16.2. The van der Waals surface area contributed by atoms with Crippen LogP contribution in [0.15, 0.2) is 0 Å². The van der Waals surface area contributed by atoms with Gasteiger partial charge in [0.2, 0.25) is 11.8 Å². The van der Waals surface area contributed by atoms with Crippen LogP contribution in [-0.4, -0.2) is 30.4 Å². The highest BCUT2D eigenvalue weighted by molar-refractivity contribution is 5.86. The minimum atomic E-state index is -0.659. The highest BCUT2D eigenvalue weighted by Gasteiger charge is 2.34. The van der Waals surface area contributed by atoms with Crippen molar-refractivity contribution in [1.29, 1.82) is 0 Å². The molecular formula is C15H27N3O2. The molecule has 5 nitrogen and oxygen atoms in total. The lowest BCUT2D eigenvalue weighted by Gasteiger charge is -2.31. The molecule has 0 spiro atoms. The summed E-state index contributed by atoms with van der Waals surface area (Å²) in [5.74, 6) is 0.381. The Balaban J connectivity index is 1.56. The highest BCUT2D eigenvalue weighted by Crippen LogP contribution is 2.26. The van der Waals surface area contributed by atoms with E-state index >= 15 is 0 Å². The molecule has 2 saturated carbocycles. The Hall–Kier alpha value is -1.10. The van der Waals surface area contributed by atoms with Crippen LogP contribution in [0.4, 0.5) is 0 Å². The Morgan fingerprint density at radius 1 is 1.00 bits per heavy atom. The number of amides is 2. The molecule has 2 fully saturated rings. The summed E-state index contributed by atoms with van der Waals surface area (Å²) in [5, 5.41) is 5.83. The number of carbonyl (C=O) groups is 2. The van der Waals surface area contributed by atoms with Gasteiger partial charge in [-0.1, -0.05) is 25.7 Å². The fraction of sp³-hybridized carbons (Fsp3) is 0.867. The molecular weight excluding hydrogens is 254 g/mol. The summed E-state index contributed by atoms with van der Waals surface area (Å²) in [6.45, 7) is 1.22. The van der Waals surface area contributed by atoms with Gasteiger partial charge in [-0.2, -0.15) is 0 Å². The summed E-state index contributed by atoms with van der Waals surface area (Å²) in [5.41, 5.74) is 5.49. The number of rotatable bonds is 6. The summed E-state index contributed by atoms with van der Waals surface area (Å²) in [4.78, 5) is 23.7. The van der Waals surface area contributed by atoms with Gasteiger partial charge >= 0.3 is 0 Å². The van der Waals surface area contributed by atoms with E-state index in [0.717, 1.165) is 44.9 Å². The molecule has 2 amide bonds. The topological polar surface area (TPSA) is 84.2 Å². The Morgan fingerprint density at radius 3 is 2.25 bits per heavy atom. The van der Waals surface area contributed by atoms with Crippen molar-refractivity contribution < 1.29 is 9.59 Å². The minimum absolute atomic E-state index is 0.0254. The predicted octanol–water partition coefficient (Wildman–Crippen LogP) is 1.07. The van der Waals surface area contributed by atoms with Gasteiger partial charge in [-0.25, -0.2) is 0 Å². The van der Waals surface area contributed by atoms with E-state index in [4.69, 9.17) is 5.73 Å². The monoisotopic (exact) mass is 281 g/mol. The Bertz CT molecular complexity index is 347. The molecule has 0 bridgehead atoms. The molecule has 0 heterocycles. The zero-order chi connectivity index (χ0) is 14.4. The average molecular weight is 281 g/mol. The zero-order valence-corrected chi connectivity index (χ0v) is 12.2. The molecule has 0 unspecified atom stereocenters. The van der Waals surface area contributed by atoms with Crippen LogP contribution in [0.5, 0.6) is 0 Å². The summed E-state index contributed by atoms with van der Waals surface area (Å²) in [7, 11) is 0. The molecule has 114 valence electrons. The van der Waals surface area contributed by atoms with Crippen LogP contribution in [-0.2, 0) is 9.59 Å². The lowest BCUT2D eigenvalue weighted by atomic mass is 9.82. The minimum Gasteiger partial charge on any atom is -0.356 e. The van der Waals surface area contributed by atoms with Gasteiger partial charge in [-0.15, -0.1) is 0 Å². The largest absolute Gasteiger partial charge is 0.356 e. The van der Waals surface area contributed by atoms with Crippen molar-refractivity contribution in [1.82, 2.24) is 10.6 Å². The number of hydrogen-bond acceptors (Lipinski definition) is 3. The van der Waals surface area contributed by atoms with Crippen LogP contribution in [0.3, 0.4) is 0 Å². The van der Waals surface area contributed by atoms with Crippen molar-refractivity contribution in [2.24, 2.45) is 11.7 Å². The van der Waals surface area contributed by atoms with E-state index < -0.39 is 5.54 Å². The molecule has 0 atom stereocenters. The van der Waals surface area contributed by atoms with Crippen LogP contribution in [0.1, 0.15) is 57.8 Å². The normalized spacial score (nSPS) is 21.9. The quantitative estimate of drug-likeness (QED) is 0.637. The van der Waals surface area contributed by atoms with Crippen LogP contribution in [0, 0.1) is 5.92 Å². The van der Waals surface area contributed by atoms with Gasteiger partial charge in [0, 0.05) is 19.0 Å². The third-order valence-corrected chi connectivity index (χ3v) is 4.61. The maximum Gasteiger partial charge on any atom is 0.240 e. The first-order valence-corrected chi connectivity index (χ1v) is 7.97. The summed E-state index contributed by atoms with van der Waals surface area (Å²) in [6, 6.07) is 0. The molecule has 20 heavy (non-hydrogen) atoms. The maximum atomic E-state index is 12.1. The first-order chi connectivity index (χ1) is 9.62. The van der Waals surface area contributed by atoms with E-state index in [1.165, 1.54) is 12.8 Å². The molecule has 2 aliphatic rings. The SMILES string of the molecule is NC1(C(=O)NCCCNC(=O)C2CCC2)CCCCC1. The number of carbonyl (C=O) groups excluding carboxylic acids is 2. The number of hydrogen-bond donors (Lipinski definition) is 3. The second-order valence-corrected chi connectivity index (χ2v) is 6.25. The predicted molar refractivity (Wildman–Crippen MR) is 78.0 cm³/mol. The Morgan fingerprint density at radius 2 is 1.65 bits per heavy atom. The van der Waals surface area contributed by atoms with Crippen molar-refractivity contribution in [3.63, 3.8) is 0 Å². The van der Waals surface area contributed by atoms with E-state index in [-0.39, 0.29) is 17.7 Å². The van der Waals surface area contributed by atoms with Gasteiger partial charge in [0.1, 0.15) is 0 Å². The lowest BCUT2D eigenvalue weighted by molar-refractivity contribution is -0.127. The molecule has 0 saturated heterocycles. The van der Waals surface area contributed by atoms with Gasteiger partial charge < -0.3 is 16.4 Å². The van der Waals surface area contributed by atoms with E-state index in [0.29, 0.717) is 13.1 Å². The lowest BCUT2D eigenvalue weighted by Crippen LogP contribution is -2.55. The molecule has 2 rings (SSSR count). The van der Waals surface area contributed by atoms with Gasteiger partial charge in [-0.05, 0) is 32.1 Å². The third-order valence-electron chi connectivity index (χ3n) is 4.61. The smallest absolute Gasteiger partial charge is 0.240 e. The fourth-order valence-electron chi connectivity index (χ4n) is 2.90. The Labute approximate surface area is 121 Å². The average Bonchev–Trinajstić information content (AvgIpc) is 2.37. The second kappa shape index (κ2) is 7.07. The van der Waals surface area contributed by atoms with E-state index in [1.807, 2.05) is 0 Å². The molecule has 0 aliphatic heterocycles. The fourth-order valence-corrected chi connectivity index (χ4v) is 2.90. The standard InChI is InChI=1S/C15H27N3O2/c16-15(8-2-1-3-9-15)14(20)18-11-5-10-17-13(19)12-6-4-7-12/h12H,1-11,16H2,(H,17,19)(H,18,20). The van der Waals surface area contributed by atoms with Crippen molar-refractivity contribution in [3.05, 3.63) is 0 Å². The van der Waals surface area contributed by atoms with Gasteiger partial charge in [0.25, 0.3) is 0 Å². The first-order valence-electron chi connectivity index (χ1n) is 7.97. The van der Waals surface area contributed by atoms with Gasteiger partial charge in [-0.3, -0.25) is 9.59 Å². The van der Waals surface area contributed by atoms with Gasteiger partial charge in [0.15, 0.2) is 0 Å². The summed E-state index contributed by atoms with van der Waals surface area (Å²) < 4.78 is 0. The van der Waals surface area contributed by atoms with Crippen molar-refractivity contribution >= 4 is 11.8 Å². The molecule has 0 aromatic carbocycles. The van der Waals surface area contributed by atoms with Crippen LogP contribution in [0.2, 0.25) is 0 Å². The molecule has 4 N–H and O–H groups in total. The Kier molecular flexibility index (Phi) is 5.40. The van der Waals surface area contributed by atoms with Crippen molar-refractivity contribution in [2.75, 3.05) is 13.1 Å². The molecule has 0 aromatic rings. The molecule has 5 heteroatoms. The van der Waals surface area contributed by atoms with Gasteiger partial charge in [0.05, 0.1) is 5.54 Å². The van der Waals surface area contributed by atoms with E-state index in [9.17, 15) is 9.59 Å². The maximum absolute atomic E-state index is 12.1. The van der Waals surface area contributed by atoms with Crippen LogP contribution in [0.25, 0.3) is 0 Å².